The zero-order chi connectivity index (χ0) is 16.9. The van der Waals surface area contributed by atoms with Gasteiger partial charge in [-0.25, -0.2) is 0 Å². The van der Waals surface area contributed by atoms with Crippen LogP contribution in [0.5, 0.6) is 11.5 Å². The predicted molar refractivity (Wildman–Crippen MR) is 78.2 cm³/mol. The standard InChI is InChI=1S/C16H20F3NO3/c1-2-15(21)20-9-3-4-12(10-20)11-22-13-5-7-14(8-6-13)23-16(17,18)19/h5-8,12H,2-4,9-11H2,1H3. The quantitative estimate of drug-likeness (QED) is 0.827. The lowest BCUT2D eigenvalue weighted by molar-refractivity contribution is -0.274. The number of ether oxygens (including phenoxy) is 2. The Labute approximate surface area is 133 Å². The molecule has 0 aliphatic carbocycles. The molecule has 0 radical (unpaired) electrons. The number of amides is 1. The Morgan fingerprint density at radius 1 is 1.26 bits per heavy atom. The molecule has 0 aromatic heterocycles. The molecular formula is C16H20F3NO3. The molecule has 1 saturated heterocycles. The van der Waals surface area contributed by atoms with Crippen molar-refractivity contribution >= 4 is 5.91 Å². The summed E-state index contributed by atoms with van der Waals surface area (Å²) in [5.41, 5.74) is 0. The minimum atomic E-state index is -4.69. The average molecular weight is 331 g/mol. The van der Waals surface area contributed by atoms with Crippen molar-refractivity contribution < 1.29 is 27.4 Å². The summed E-state index contributed by atoms with van der Waals surface area (Å²) in [4.78, 5) is 13.6. The predicted octanol–water partition coefficient (Wildman–Crippen LogP) is 3.61. The van der Waals surface area contributed by atoms with Crippen molar-refractivity contribution in [1.82, 2.24) is 4.90 Å². The van der Waals surface area contributed by atoms with Crippen LogP contribution in [0.3, 0.4) is 0 Å². The van der Waals surface area contributed by atoms with Crippen LogP contribution in [0.2, 0.25) is 0 Å². The Hall–Kier alpha value is -1.92. The lowest BCUT2D eigenvalue weighted by Gasteiger charge is -2.32. The summed E-state index contributed by atoms with van der Waals surface area (Å²) in [6.07, 6.45) is -2.28. The van der Waals surface area contributed by atoms with Gasteiger partial charge in [0.2, 0.25) is 5.91 Å². The molecule has 0 N–H and O–H groups in total. The number of piperidine rings is 1. The normalized spacial score (nSPS) is 18.6. The second kappa shape index (κ2) is 7.57. The lowest BCUT2D eigenvalue weighted by atomic mass is 9.99. The van der Waals surface area contributed by atoms with Gasteiger partial charge in [-0.2, -0.15) is 0 Å². The molecule has 1 amide bonds. The first-order valence-electron chi connectivity index (χ1n) is 7.63. The minimum Gasteiger partial charge on any atom is -0.493 e. The van der Waals surface area contributed by atoms with Gasteiger partial charge in [-0.15, -0.1) is 13.2 Å². The number of benzene rings is 1. The fraction of sp³-hybridized carbons (Fsp3) is 0.562. The molecule has 1 aliphatic rings. The van der Waals surface area contributed by atoms with Crippen LogP contribution in [0.1, 0.15) is 26.2 Å². The summed E-state index contributed by atoms with van der Waals surface area (Å²) >= 11 is 0. The topological polar surface area (TPSA) is 38.8 Å². The third kappa shape index (κ3) is 5.65. The fourth-order valence-corrected chi connectivity index (χ4v) is 2.60. The molecule has 1 heterocycles. The molecule has 0 spiro atoms. The molecule has 1 aromatic carbocycles. The number of alkyl halides is 3. The van der Waals surface area contributed by atoms with E-state index in [0.29, 0.717) is 25.3 Å². The molecule has 1 unspecified atom stereocenters. The zero-order valence-electron chi connectivity index (χ0n) is 12.9. The third-order valence-corrected chi connectivity index (χ3v) is 3.72. The van der Waals surface area contributed by atoms with Gasteiger partial charge in [-0.05, 0) is 37.1 Å². The van der Waals surface area contributed by atoms with E-state index in [4.69, 9.17) is 4.74 Å². The molecular weight excluding hydrogens is 311 g/mol. The van der Waals surface area contributed by atoms with Crippen LogP contribution >= 0.6 is 0 Å². The molecule has 128 valence electrons. The van der Waals surface area contributed by atoms with Gasteiger partial charge in [0.25, 0.3) is 0 Å². The number of nitrogens with zero attached hydrogens (tertiary/aromatic N) is 1. The molecule has 2 rings (SSSR count). The Balaban J connectivity index is 1.82. The van der Waals surface area contributed by atoms with Gasteiger partial charge < -0.3 is 14.4 Å². The summed E-state index contributed by atoms with van der Waals surface area (Å²) < 4.78 is 45.7. The number of halogens is 3. The van der Waals surface area contributed by atoms with Crippen molar-refractivity contribution in [3.8, 4) is 11.5 Å². The lowest BCUT2D eigenvalue weighted by Crippen LogP contribution is -2.41. The van der Waals surface area contributed by atoms with Gasteiger partial charge >= 0.3 is 6.36 Å². The van der Waals surface area contributed by atoms with Crippen LogP contribution in [0.4, 0.5) is 13.2 Å². The molecule has 1 fully saturated rings. The molecule has 7 heteroatoms. The number of carbonyl (C=O) groups excluding carboxylic acids is 1. The van der Waals surface area contributed by atoms with Gasteiger partial charge in [-0.1, -0.05) is 6.92 Å². The average Bonchev–Trinajstić information content (AvgIpc) is 2.52. The van der Waals surface area contributed by atoms with E-state index in [2.05, 4.69) is 4.74 Å². The van der Waals surface area contributed by atoms with Crippen molar-refractivity contribution in [3.05, 3.63) is 24.3 Å². The van der Waals surface area contributed by atoms with E-state index in [1.54, 1.807) is 0 Å². The smallest absolute Gasteiger partial charge is 0.493 e. The van der Waals surface area contributed by atoms with Gasteiger partial charge in [0.15, 0.2) is 0 Å². The van der Waals surface area contributed by atoms with Gasteiger partial charge in [0.05, 0.1) is 6.61 Å². The highest BCUT2D eigenvalue weighted by atomic mass is 19.4. The van der Waals surface area contributed by atoms with Crippen LogP contribution < -0.4 is 9.47 Å². The van der Waals surface area contributed by atoms with Crippen molar-refractivity contribution in [1.29, 1.82) is 0 Å². The van der Waals surface area contributed by atoms with E-state index < -0.39 is 6.36 Å². The third-order valence-electron chi connectivity index (χ3n) is 3.72. The monoisotopic (exact) mass is 331 g/mol. The van der Waals surface area contributed by atoms with E-state index in [0.717, 1.165) is 19.4 Å². The Bertz CT molecular complexity index is 516. The van der Waals surface area contributed by atoms with E-state index in [-0.39, 0.29) is 17.6 Å². The molecule has 1 aromatic rings. The second-order valence-corrected chi connectivity index (χ2v) is 5.53. The van der Waals surface area contributed by atoms with Gasteiger partial charge in [0, 0.05) is 25.4 Å². The van der Waals surface area contributed by atoms with E-state index in [1.165, 1.54) is 24.3 Å². The summed E-state index contributed by atoms with van der Waals surface area (Å²) in [5, 5.41) is 0. The highest BCUT2D eigenvalue weighted by molar-refractivity contribution is 5.75. The SMILES string of the molecule is CCC(=O)N1CCCC(COc2ccc(OC(F)(F)F)cc2)C1. The van der Waals surface area contributed by atoms with Crippen LogP contribution in [0.15, 0.2) is 24.3 Å². The highest BCUT2D eigenvalue weighted by Gasteiger charge is 2.31. The van der Waals surface area contributed by atoms with Crippen molar-refractivity contribution in [2.45, 2.75) is 32.5 Å². The van der Waals surface area contributed by atoms with Crippen molar-refractivity contribution in [2.75, 3.05) is 19.7 Å². The highest BCUT2D eigenvalue weighted by Crippen LogP contribution is 2.25. The Morgan fingerprint density at radius 3 is 2.52 bits per heavy atom. The maximum atomic E-state index is 12.1. The molecule has 0 saturated carbocycles. The van der Waals surface area contributed by atoms with Crippen LogP contribution in [-0.4, -0.2) is 36.9 Å². The largest absolute Gasteiger partial charge is 0.573 e. The summed E-state index contributed by atoms with van der Waals surface area (Å²) in [6.45, 7) is 3.73. The van der Waals surface area contributed by atoms with Gasteiger partial charge in [0.1, 0.15) is 11.5 Å². The number of carbonyl (C=O) groups is 1. The van der Waals surface area contributed by atoms with Crippen LogP contribution in [0, 0.1) is 5.92 Å². The van der Waals surface area contributed by atoms with Crippen molar-refractivity contribution in [3.63, 3.8) is 0 Å². The molecule has 4 nitrogen and oxygen atoms in total. The van der Waals surface area contributed by atoms with E-state index >= 15 is 0 Å². The van der Waals surface area contributed by atoms with Crippen LogP contribution in [0.25, 0.3) is 0 Å². The second-order valence-electron chi connectivity index (χ2n) is 5.53. The first-order valence-corrected chi connectivity index (χ1v) is 7.63. The molecule has 0 bridgehead atoms. The summed E-state index contributed by atoms with van der Waals surface area (Å²) in [6, 6.07) is 5.32. The minimum absolute atomic E-state index is 0.142. The number of hydrogen-bond donors (Lipinski definition) is 0. The Kier molecular flexibility index (Phi) is 5.74. The van der Waals surface area contributed by atoms with Crippen LogP contribution in [-0.2, 0) is 4.79 Å². The van der Waals surface area contributed by atoms with E-state index in [9.17, 15) is 18.0 Å². The zero-order valence-corrected chi connectivity index (χ0v) is 12.9. The summed E-state index contributed by atoms with van der Waals surface area (Å²) in [5.74, 6) is 0.592. The maximum Gasteiger partial charge on any atom is 0.573 e. The molecule has 1 aliphatic heterocycles. The fourth-order valence-electron chi connectivity index (χ4n) is 2.60. The first-order chi connectivity index (χ1) is 10.9. The number of rotatable bonds is 5. The Morgan fingerprint density at radius 2 is 1.91 bits per heavy atom. The molecule has 23 heavy (non-hydrogen) atoms. The summed E-state index contributed by atoms with van der Waals surface area (Å²) in [7, 11) is 0. The van der Waals surface area contributed by atoms with Gasteiger partial charge in [-0.3, -0.25) is 4.79 Å². The molecule has 1 atom stereocenters. The first kappa shape index (κ1) is 17.4. The number of likely N-dealkylation sites (tertiary alicyclic amines) is 1. The number of hydrogen-bond acceptors (Lipinski definition) is 3. The van der Waals surface area contributed by atoms with E-state index in [1.807, 2.05) is 11.8 Å². The van der Waals surface area contributed by atoms with Crippen molar-refractivity contribution in [2.24, 2.45) is 5.92 Å². The maximum absolute atomic E-state index is 12.1.